The van der Waals surface area contributed by atoms with E-state index in [1.807, 2.05) is 4.90 Å². The second kappa shape index (κ2) is 13.1. The molecule has 0 bridgehead atoms. The second-order valence-corrected chi connectivity index (χ2v) is 10.2. The normalized spacial score (nSPS) is 30.2. The summed E-state index contributed by atoms with van der Waals surface area (Å²) in [5, 5.41) is 40.1. The topological polar surface area (TPSA) is 280 Å². The molecule has 0 aromatic carbocycles. The summed E-state index contributed by atoms with van der Waals surface area (Å²) in [6, 6.07) is 0.109. The molecular weight excluding hydrogens is 640 g/mol. The fraction of sp³-hybridized carbons (Fsp3) is 0.667. The lowest BCUT2D eigenvalue weighted by molar-refractivity contribution is -0.137. The Morgan fingerprint density at radius 1 is 1.13 bits per heavy atom. The summed E-state index contributed by atoms with van der Waals surface area (Å²) >= 11 is 5.88. The van der Waals surface area contributed by atoms with Crippen molar-refractivity contribution in [1.29, 1.82) is 0 Å². The number of hydrogen-bond acceptors (Lipinski definition) is 14. The molecule has 4 unspecified atom stereocenters. The fourth-order valence-electron chi connectivity index (χ4n) is 4.95. The second-order valence-electron chi connectivity index (χ2n) is 8.88. The number of hydrogen-bond donors (Lipinski definition) is 9. The van der Waals surface area contributed by atoms with Crippen LogP contribution in [-0.2, 0) is 19.1 Å². The van der Waals surface area contributed by atoms with Gasteiger partial charge in [0.05, 0.1) is 35.6 Å². The van der Waals surface area contributed by atoms with Gasteiger partial charge in [-0.15, -0.1) is 0 Å². The molecule has 3 aliphatic heterocycles. The number of amides is 1. The lowest BCUT2D eigenvalue weighted by atomic mass is 9.82. The highest BCUT2D eigenvalue weighted by molar-refractivity contribution is 9.09. The first-order valence-corrected chi connectivity index (χ1v) is 13.6. The summed E-state index contributed by atoms with van der Waals surface area (Å²) in [5.74, 6) is 6.66. The molecule has 216 valence electrons. The number of alkyl halides is 2. The molecule has 0 spiro atoms. The van der Waals surface area contributed by atoms with Gasteiger partial charge in [0.2, 0.25) is 11.6 Å². The number of aliphatic hydroxyl groups excluding tert-OH is 4. The zero-order valence-corrected chi connectivity index (χ0v) is 23.9. The highest BCUT2D eigenvalue weighted by Gasteiger charge is 2.72. The molecule has 13 N–H and O–H groups in total. The van der Waals surface area contributed by atoms with Gasteiger partial charge >= 0.3 is 6.09 Å². The van der Waals surface area contributed by atoms with E-state index in [9.17, 15) is 24.6 Å². The van der Waals surface area contributed by atoms with E-state index in [1.54, 1.807) is 0 Å². The van der Waals surface area contributed by atoms with Crippen molar-refractivity contribution in [1.82, 2.24) is 10.2 Å². The Morgan fingerprint density at radius 3 is 2.11 bits per heavy atom. The van der Waals surface area contributed by atoms with Crippen LogP contribution in [0, 0.1) is 5.92 Å². The number of ketones is 2. The van der Waals surface area contributed by atoms with Crippen molar-refractivity contribution in [3.63, 3.8) is 0 Å². The van der Waals surface area contributed by atoms with Gasteiger partial charge in [0, 0.05) is 41.5 Å². The standard InChI is InChI=1S/C15H18N4O5.C6H12Br2O4.H4N2/c1-5-9(16)12(21)8-6(4-24-14(17)22)15(23-2)13-7(18-13)3-19(15)10(8)11(5)20;7-1-3(9)5(11)6(12)4(10)2-8;1-2/h6-7,13,18H,3-4,16H2,1-2H3,(H2,17,22);3-6,9-12H,1-2H2;1-2H2/t6-,7+,13+,15-;;/m1../s1. The summed E-state index contributed by atoms with van der Waals surface area (Å²) in [5.41, 5.74) is 10.7. The maximum atomic E-state index is 12.8. The van der Waals surface area contributed by atoms with Crippen LogP contribution in [0.15, 0.2) is 22.5 Å². The Hall–Kier alpha value is -1.67. The quantitative estimate of drug-likeness (QED) is 0.0396. The molecule has 2 saturated heterocycles. The Labute approximate surface area is 235 Å². The first-order chi connectivity index (χ1) is 17.9. The van der Waals surface area contributed by atoms with Crippen molar-refractivity contribution < 1.29 is 44.3 Å². The minimum Gasteiger partial charge on any atom is -0.449 e. The molecule has 4 rings (SSSR count). The van der Waals surface area contributed by atoms with Crippen LogP contribution in [-0.4, -0.2) is 116 Å². The summed E-state index contributed by atoms with van der Waals surface area (Å²) in [6.07, 6.45) is -5.77. The number of allylic oxidation sites excluding steroid dienone is 2. The SMILES string of the molecule is CO[C@@]12[C@H](COC(N)=O)C3=C(C(=O)C(C)=C(N)C3=O)N1C[C@@H]1N[C@@H]12.NN.OC(CBr)C(O)C(O)C(O)CBr. The van der Waals surface area contributed by atoms with E-state index in [0.717, 1.165) is 0 Å². The van der Waals surface area contributed by atoms with E-state index >= 15 is 0 Å². The van der Waals surface area contributed by atoms with E-state index in [0.29, 0.717) is 12.2 Å². The maximum Gasteiger partial charge on any atom is 0.404 e. The number of nitrogens with zero attached hydrogens (tertiary/aromatic N) is 1. The lowest BCUT2D eigenvalue weighted by Gasteiger charge is -2.39. The molecule has 0 aromatic rings. The summed E-state index contributed by atoms with van der Waals surface area (Å²) < 4.78 is 10.8. The number of rotatable bonds is 8. The highest BCUT2D eigenvalue weighted by atomic mass is 79.9. The third kappa shape index (κ3) is 5.63. The molecule has 2 fully saturated rings. The lowest BCUT2D eigenvalue weighted by Crippen LogP contribution is -2.55. The van der Waals surface area contributed by atoms with E-state index in [1.165, 1.54) is 14.0 Å². The first-order valence-electron chi connectivity index (χ1n) is 11.4. The van der Waals surface area contributed by atoms with Gasteiger partial charge in [0.1, 0.15) is 18.8 Å². The third-order valence-electron chi connectivity index (χ3n) is 6.93. The highest BCUT2D eigenvalue weighted by Crippen LogP contribution is 2.55. The van der Waals surface area contributed by atoms with Gasteiger partial charge < -0.3 is 51.6 Å². The van der Waals surface area contributed by atoms with Gasteiger partial charge in [-0.3, -0.25) is 21.3 Å². The molecule has 0 saturated carbocycles. The van der Waals surface area contributed by atoms with Crippen LogP contribution < -0.4 is 28.5 Å². The van der Waals surface area contributed by atoms with Crippen LogP contribution in [0.4, 0.5) is 4.79 Å². The molecular formula is C21H34Br2N6O9. The van der Waals surface area contributed by atoms with Crippen LogP contribution in [0.1, 0.15) is 6.92 Å². The zero-order chi connectivity index (χ0) is 29.1. The zero-order valence-electron chi connectivity index (χ0n) is 20.7. The van der Waals surface area contributed by atoms with Gasteiger partial charge in [-0.1, -0.05) is 31.9 Å². The minimum absolute atomic E-state index is 0.0586. The van der Waals surface area contributed by atoms with E-state index in [4.69, 9.17) is 31.2 Å². The van der Waals surface area contributed by atoms with Crippen molar-refractivity contribution in [2.24, 2.45) is 29.1 Å². The number of methoxy groups -OCH3 is 1. The van der Waals surface area contributed by atoms with Crippen LogP contribution in [0.5, 0.6) is 0 Å². The number of ether oxygens (including phenoxy) is 2. The van der Waals surface area contributed by atoms with Crippen molar-refractivity contribution in [2.45, 2.75) is 49.1 Å². The number of Topliss-reactive ketones (excluding diaryl/α,β-unsaturated/α-hetero) is 2. The number of carbonyl (C=O) groups is 3. The fourth-order valence-corrected chi connectivity index (χ4v) is 5.71. The van der Waals surface area contributed by atoms with Crippen LogP contribution in [0.2, 0.25) is 0 Å². The largest absolute Gasteiger partial charge is 0.449 e. The average Bonchev–Trinajstić information content (AvgIpc) is 3.54. The molecule has 4 aliphatic rings. The van der Waals surface area contributed by atoms with Gasteiger partial charge in [-0.25, -0.2) is 4.79 Å². The van der Waals surface area contributed by atoms with Gasteiger partial charge in [0.25, 0.3) is 0 Å². The predicted octanol–water partition coefficient (Wildman–Crippen LogP) is -3.61. The van der Waals surface area contributed by atoms with Crippen LogP contribution in [0.25, 0.3) is 0 Å². The van der Waals surface area contributed by atoms with Crippen molar-refractivity contribution >= 4 is 49.5 Å². The number of halogens is 2. The van der Waals surface area contributed by atoms with Crippen molar-refractivity contribution in [3.8, 4) is 0 Å². The Kier molecular flexibility index (Phi) is 11.2. The smallest absolute Gasteiger partial charge is 0.404 e. The summed E-state index contributed by atoms with van der Waals surface area (Å²) in [4.78, 5) is 38.4. The van der Waals surface area contributed by atoms with Gasteiger partial charge in [-0.2, -0.15) is 0 Å². The summed E-state index contributed by atoms with van der Waals surface area (Å²) in [6.45, 7) is 1.92. The minimum atomic E-state index is -1.34. The average molecular weight is 674 g/mol. The number of hydrazine groups is 1. The number of piperazine rings is 1. The Balaban J connectivity index is 0.000000309. The number of primary amides is 1. The molecule has 0 radical (unpaired) electrons. The Bertz CT molecular complexity index is 984. The van der Waals surface area contributed by atoms with Crippen LogP contribution in [0.3, 0.4) is 0 Å². The van der Waals surface area contributed by atoms with Crippen molar-refractivity contribution in [2.75, 3.05) is 30.9 Å². The molecule has 3 heterocycles. The van der Waals surface area contributed by atoms with Gasteiger partial charge in [-0.05, 0) is 6.92 Å². The number of carbonyl (C=O) groups excluding carboxylic acids is 3. The number of nitrogens with two attached hydrogens (primary N) is 4. The molecule has 1 amide bonds. The predicted molar refractivity (Wildman–Crippen MR) is 140 cm³/mol. The molecule has 1 aliphatic carbocycles. The van der Waals surface area contributed by atoms with E-state index in [-0.39, 0.29) is 52.0 Å². The Morgan fingerprint density at radius 2 is 1.66 bits per heavy atom. The van der Waals surface area contributed by atoms with E-state index < -0.39 is 47.9 Å². The number of nitrogens with one attached hydrogen (secondary N) is 1. The molecule has 15 nitrogen and oxygen atoms in total. The monoisotopic (exact) mass is 672 g/mol. The molecule has 38 heavy (non-hydrogen) atoms. The molecule has 0 aromatic heterocycles. The number of aliphatic hydroxyl groups is 4. The molecule has 8 atom stereocenters. The van der Waals surface area contributed by atoms with Gasteiger partial charge in [0.15, 0.2) is 5.72 Å². The third-order valence-corrected chi connectivity index (χ3v) is 8.26. The first kappa shape index (κ1) is 32.5. The van der Waals surface area contributed by atoms with Crippen molar-refractivity contribution in [3.05, 3.63) is 22.5 Å². The van der Waals surface area contributed by atoms with E-state index in [2.05, 4.69) is 48.9 Å². The number of fused-ring (bicyclic) bond motifs is 4. The molecule has 17 heteroatoms. The maximum absolute atomic E-state index is 12.8. The summed E-state index contributed by atoms with van der Waals surface area (Å²) in [7, 11) is 1.52. The van der Waals surface area contributed by atoms with Crippen LogP contribution >= 0.6 is 31.9 Å².